The van der Waals surface area contributed by atoms with E-state index in [1.807, 2.05) is 0 Å². The molecule has 2 aliphatic heterocycles. The van der Waals surface area contributed by atoms with E-state index in [9.17, 15) is 45.3 Å². The highest BCUT2D eigenvalue weighted by molar-refractivity contribution is 5.70. The first-order valence-electron chi connectivity index (χ1n) is 25.1. The average molecular weight is 929 g/mol. The van der Waals surface area contributed by atoms with Crippen LogP contribution in [0.1, 0.15) is 174 Å². The molecular weight excluding hydrogens is 841 g/mol. The van der Waals surface area contributed by atoms with E-state index >= 15 is 0 Å². The molecule has 2 aliphatic rings. The summed E-state index contributed by atoms with van der Waals surface area (Å²) in [5.41, 5.74) is 0. The molecule has 15 nitrogen and oxygen atoms in total. The number of unbranched alkanes of at least 4 members (excludes halogenated alkanes) is 19. The summed E-state index contributed by atoms with van der Waals surface area (Å²) in [4.78, 5) is 25.7. The third kappa shape index (κ3) is 26.2. The summed E-state index contributed by atoms with van der Waals surface area (Å²) in [5.74, 6) is -0.952. The van der Waals surface area contributed by atoms with Crippen molar-refractivity contribution in [2.45, 2.75) is 242 Å². The summed E-state index contributed by atoms with van der Waals surface area (Å²) in [6, 6.07) is 0. The van der Waals surface area contributed by atoms with Crippen LogP contribution in [-0.4, -0.2) is 142 Å². The number of carbonyl (C=O) groups is 2. The standard InChI is InChI=1S/C50H88O15/c1-3-5-7-9-11-13-15-17-19-21-22-24-26-28-30-32-41(52)60-35-38(63-42(53)33-31-29-27-25-23-20-18-16-14-12-10-8-6-4-2)36-61-49-48(59)46(57)44(55)40(65-49)37-62-50-47(58)45(56)43(54)39(34-51)64-50/h13,15-19,38-40,43-51,54-59H,3-12,14,20-37H2,1-2H3/b15-13+,18-16+,19-17+/t38-,39-,40-,43+,44+,45?,46?,47?,48?,49-,50-/m1/s1. The Morgan fingerprint density at radius 2 is 0.923 bits per heavy atom. The lowest BCUT2D eigenvalue weighted by Crippen LogP contribution is -2.61. The Labute approximate surface area is 389 Å². The highest BCUT2D eigenvalue weighted by atomic mass is 16.7. The van der Waals surface area contributed by atoms with E-state index in [2.05, 4.69) is 50.3 Å². The van der Waals surface area contributed by atoms with Gasteiger partial charge in [-0.25, -0.2) is 0 Å². The monoisotopic (exact) mass is 929 g/mol. The quantitative estimate of drug-likeness (QED) is 0.0151. The van der Waals surface area contributed by atoms with Gasteiger partial charge in [0.15, 0.2) is 18.7 Å². The van der Waals surface area contributed by atoms with E-state index < -0.39 is 92.7 Å². The van der Waals surface area contributed by atoms with Gasteiger partial charge in [-0.2, -0.15) is 0 Å². The Hall–Kier alpha value is -2.28. The van der Waals surface area contributed by atoms with Crippen molar-refractivity contribution in [1.82, 2.24) is 0 Å². The van der Waals surface area contributed by atoms with Gasteiger partial charge in [-0.1, -0.05) is 134 Å². The molecule has 0 aromatic carbocycles. The first-order chi connectivity index (χ1) is 31.5. The van der Waals surface area contributed by atoms with Crippen LogP contribution in [0.4, 0.5) is 0 Å². The highest BCUT2D eigenvalue weighted by Gasteiger charge is 2.47. The normalized spacial score (nSPS) is 26.7. The number of esters is 2. The van der Waals surface area contributed by atoms with Crippen LogP contribution >= 0.6 is 0 Å². The molecule has 2 heterocycles. The molecule has 0 bridgehead atoms. The molecule has 11 atom stereocenters. The first-order valence-corrected chi connectivity index (χ1v) is 25.1. The summed E-state index contributed by atoms with van der Waals surface area (Å²) < 4.78 is 33.5. The van der Waals surface area contributed by atoms with Crippen molar-refractivity contribution >= 4 is 11.9 Å². The number of hydrogen-bond donors (Lipinski definition) is 7. The second-order valence-corrected chi connectivity index (χ2v) is 17.7. The summed E-state index contributed by atoms with van der Waals surface area (Å²) in [7, 11) is 0. The topological polar surface area (TPSA) is 231 Å². The predicted molar refractivity (Wildman–Crippen MR) is 247 cm³/mol. The number of allylic oxidation sites excluding steroid dienone is 6. The van der Waals surface area contributed by atoms with Gasteiger partial charge in [0.25, 0.3) is 0 Å². The third-order valence-electron chi connectivity index (χ3n) is 11.9. The van der Waals surface area contributed by atoms with Gasteiger partial charge in [-0.3, -0.25) is 9.59 Å². The molecule has 0 spiro atoms. The van der Waals surface area contributed by atoms with Crippen LogP contribution < -0.4 is 0 Å². The maximum absolute atomic E-state index is 13.0. The van der Waals surface area contributed by atoms with E-state index in [4.69, 9.17) is 28.4 Å². The maximum atomic E-state index is 13.0. The number of aliphatic hydroxyl groups is 7. The van der Waals surface area contributed by atoms with Gasteiger partial charge >= 0.3 is 11.9 Å². The summed E-state index contributed by atoms with van der Waals surface area (Å²) in [5, 5.41) is 72.0. The number of rotatable bonds is 38. The minimum Gasteiger partial charge on any atom is -0.462 e. The van der Waals surface area contributed by atoms with Gasteiger partial charge in [-0.05, 0) is 64.2 Å². The van der Waals surface area contributed by atoms with Gasteiger partial charge in [-0.15, -0.1) is 0 Å². The lowest BCUT2D eigenvalue weighted by molar-refractivity contribution is -0.332. The minimum atomic E-state index is -1.77. The molecule has 0 saturated carbocycles. The molecule has 0 aromatic heterocycles. The summed E-state index contributed by atoms with van der Waals surface area (Å²) in [6.07, 6.45) is 21.7. The zero-order valence-corrected chi connectivity index (χ0v) is 39.7. The van der Waals surface area contributed by atoms with Gasteiger partial charge in [0.2, 0.25) is 0 Å². The van der Waals surface area contributed by atoms with Crippen molar-refractivity contribution in [2.24, 2.45) is 0 Å². The zero-order chi connectivity index (χ0) is 47.5. The lowest BCUT2D eigenvalue weighted by Gasteiger charge is -2.42. The second kappa shape index (κ2) is 37.7. The Balaban J connectivity index is 1.84. The fourth-order valence-electron chi connectivity index (χ4n) is 7.67. The number of hydrogen-bond acceptors (Lipinski definition) is 15. The SMILES string of the molecule is CCCCCC/C=C/C=C/CCCCCCCC(=O)OC[C@H](CO[C@@H]1O[C@H](CO[C@@H]2O[C@H](CO)[C@H](O)C(O)C2O)[C@H](O)C(O)C1O)OC(=O)CCCCCCC/C=C/CCCCCCC. The second-order valence-electron chi connectivity index (χ2n) is 17.7. The molecule has 0 aliphatic carbocycles. The van der Waals surface area contributed by atoms with Crippen LogP contribution in [0.5, 0.6) is 0 Å². The van der Waals surface area contributed by atoms with Gasteiger partial charge in [0.1, 0.15) is 55.4 Å². The largest absolute Gasteiger partial charge is 0.462 e. The highest BCUT2D eigenvalue weighted by Crippen LogP contribution is 2.26. The molecule has 0 radical (unpaired) electrons. The summed E-state index contributed by atoms with van der Waals surface area (Å²) in [6.45, 7) is 2.53. The van der Waals surface area contributed by atoms with Gasteiger partial charge in [0, 0.05) is 12.8 Å². The summed E-state index contributed by atoms with van der Waals surface area (Å²) >= 11 is 0. The minimum absolute atomic E-state index is 0.152. The molecule has 2 saturated heterocycles. The van der Waals surface area contributed by atoms with Crippen LogP contribution in [0.3, 0.4) is 0 Å². The number of aliphatic hydroxyl groups excluding tert-OH is 7. The fraction of sp³-hybridized carbons (Fsp3) is 0.840. The molecule has 4 unspecified atom stereocenters. The molecule has 2 fully saturated rings. The van der Waals surface area contributed by atoms with Crippen molar-refractivity contribution in [3.63, 3.8) is 0 Å². The van der Waals surface area contributed by atoms with Crippen molar-refractivity contribution in [3.05, 3.63) is 36.5 Å². The molecule has 65 heavy (non-hydrogen) atoms. The van der Waals surface area contributed by atoms with Crippen LogP contribution in [0, 0.1) is 0 Å². The van der Waals surface area contributed by atoms with Crippen molar-refractivity contribution < 1.29 is 73.8 Å². The number of ether oxygens (including phenoxy) is 6. The van der Waals surface area contributed by atoms with Crippen LogP contribution in [-0.2, 0) is 38.0 Å². The Morgan fingerprint density at radius 3 is 1.46 bits per heavy atom. The Morgan fingerprint density at radius 1 is 0.492 bits per heavy atom. The van der Waals surface area contributed by atoms with Crippen molar-refractivity contribution in [2.75, 3.05) is 26.4 Å². The van der Waals surface area contributed by atoms with E-state index in [0.717, 1.165) is 77.0 Å². The van der Waals surface area contributed by atoms with E-state index in [-0.39, 0.29) is 26.1 Å². The van der Waals surface area contributed by atoms with E-state index in [1.54, 1.807) is 0 Å². The molecular formula is C50H88O15. The molecule has 0 aromatic rings. The Bertz CT molecular complexity index is 1280. The van der Waals surface area contributed by atoms with E-state index in [0.29, 0.717) is 12.8 Å². The first kappa shape index (κ1) is 58.8. The zero-order valence-electron chi connectivity index (χ0n) is 39.7. The third-order valence-corrected chi connectivity index (χ3v) is 11.9. The van der Waals surface area contributed by atoms with Crippen molar-refractivity contribution in [1.29, 1.82) is 0 Å². The molecule has 2 rings (SSSR count). The Kier molecular flexibility index (Phi) is 34.1. The smallest absolute Gasteiger partial charge is 0.306 e. The molecule has 378 valence electrons. The fourth-order valence-corrected chi connectivity index (χ4v) is 7.67. The predicted octanol–water partition coefficient (Wildman–Crippen LogP) is 6.54. The number of carbonyl (C=O) groups excluding carboxylic acids is 2. The van der Waals surface area contributed by atoms with Crippen LogP contribution in [0.15, 0.2) is 36.5 Å². The van der Waals surface area contributed by atoms with Crippen molar-refractivity contribution in [3.8, 4) is 0 Å². The molecule has 15 heteroatoms. The maximum Gasteiger partial charge on any atom is 0.306 e. The molecule has 7 N–H and O–H groups in total. The van der Waals surface area contributed by atoms with E-state index in [1.165, 1.54) is 57.8 Å². The lowest BCUT2D eigenvalue weighted by atomic mass is 9.98. The van der Waals surface area contributed by atoms with Gasteiger partial charge in [0.05, 0.1) is 19.8 Å². The van der Waals surface area contributed by atoms with Crippen LogP contribution in [0.2, 0.25) is 0 Å². The average Bonchev–Trinajstić information content (AvgIpc) is 3.30. The van der Waals surface area contributed by atoms with Gasteiger partial charge < -0.3 is 64.2 Å². The molecule has 0 amide bonds. The van der Waals surface area contributed by atoms with Crippen LogP contribution in [0.25, 0.3) is 0 Å².